The lowest BCUT2D eigenvalue weighted by atomic mass is 9.93. The average Bonchev–Trinajstić information content (AvgIpc) is 2.77. The SMILES string of the molecule is CC(C)CSCc1noc(C2CCNC(C)C2)n1. The third-order valence-corrected chi connectivity index (χ3v) is 4.50. The van der Waals surface area contributed by atoms with Crippen LogP contribution in [0, 0.1) is 5.92 Å². The van der Waals surface area contributed by atoms with E-state index in [1.54, 1.807) is 0 Å². The molecule has 102 valence electrons. The maximum Gasteiger partial charge on any atom is 0.229 e. The number of hydrogen-bond donors (Lipinski definition) is 1. The molecule has 5 heteroatoms. The van der Waals surface area contributed by atoms with Gasteiger partial charge in [-0.15, -0.1) is 0 Å². The standard InChI is InChI=1S/C13H23N3OS/c1-9(2)7-18-8-12-15-13(17-16-12)11-4-5-14-10(3)6-11/h9-11,14H,4-8H2,1-3H3. The van der Waals surface area contributed by atoms with Crippen molar-refractivity contribution in [3.05, 3.63) is 11.7 Å². The summed E-state index contributed by atoms with van der Waals surface area (Å²) in [4.78, 5) is 4.54. The largest absolute Gasteiger partial charge is 0.339 e. The van der Waals surface area contributed by atoms with E-state index in [2.05, 4.69) is 36.2 Å². The minimum Gasteiger partial charge on any atom is -0.339 e. The maximum atomic E-state index is 5.41. The first-order valence-electron chi connectivity index (χ1n) is 6.78. The zero-order valence-corrected chi connectivity index (χ0v) is 12.3. The van der Waals surface area contributed by atoms with Crippen molar-refractivity contribution in [1.29, 1.82) is 0 Å². The summed E-state index contributed by atoms with van der Waals surface area (Å²) in [6.07, 6.45) is 2.20. The van der Waals surface area contributed by atoms with Crippen LogP contribution in [0.5, 0.6) is 0 Å². The number of piperidine rings is 1. The van der Waals surface area contributed by atoms with Crippen molar-refractivity contribution in [3.63, 3.8) is 0 Å². The van der Waals surface area contributed by atoms with Crippen LogP contribution in [0.1, 0.15) is 51.2 Å². The minimum absolute atomic E-state index is 0.442. The van der Waals surface area contributed by atoms with Crippen molar-refractivity contribution in [1.82, 2.24) is 15.5 Å². The molecule has 0 spiro atoms. The molecule has 0 aromatic carbocycles. The Morgan fingerprint density at radius 1 is 1.50 bits per heavy atom. The van der Waals surface area contributed by atoms with Crippen LogP contribution in [0.15, 0.2) is 4.52 Å². The van der Waals surface area contributed by atoms with Crippen LogP contribution in [0.2, 0.25) is 0 Å². The van der Waals surface area contributed by atoms with Gasteiger partial charge in [-0.2, -0.15) is 16.7 Å². The minimum atomic E-state index is 0.442. The summed E-state index contributed by atoms with van der Waals surface area (Å²) in [7, 11) is 0. The van der Waals surface area contributed by atoms with Crippen LogP contribution in [0.25, 0.3) is 0 Å². The summed E-state index contributed by atoms with van der Waals surface area (Å²) in [5, 5.41) is 7.53. The van der Waals surface area contributed by atoms with Gasteiger partial charge in [0.05, 0.1) is 5.75 Å². The molecule has 2 rings (SSSR count). The lowest BCUT2D eigenvalue weighted by Crippen LogP contribution is -2.34. The third-order valence-electron chi connectivity index (χ3n) is 3.14. The van der Waals surface area contributed by atoms with Crippen LogP contribution in [0.3, 0.4) is 0 Å². The molecular formula is C13H23N3OS. The van der Waals surface area contributed by atoms with E-state index in [-0.39, 0.29) is 0 Å². The molecule has 0 aliphatic carbocycles. The van der Waals surface area contributed by atoms with Gasteiger partial charge in [-0.05, 0) is 38.0 Å². The number of hydrogen-bond acceptors (Lipinski definition) is 5. The van der Waals surface area contributed by atoms with E-state index in [1.807, 2.05) is 11.8 Å². The molecule has 1 N–H and O–H groups in total. The topological polar surface area (TPSA) is 51.0 Å². The van der Waals surface area contributed by atoms with Gasteiger partial charge in [-0.3, -0.25) is 0 Å². The number of rotatable bonds is 5. The lowest BCUT2D eigenvalue weighted by molar-refractivity contribution is 0.294. The van der Waals surface area contributed by atoms with Gasteiger partial charge in [0, 0.05) is 12.0 Å². The first-order chi connectivity index (χ1) is 8.65. The monoisotopic (exact) mass is 269 g/mol. The highest BCUT2D eigenvalue weighted by Crippen LogP contribution is 2.26. The number of thioether (sulfide) groups is 1. The van der Waals surface area contributed by atoms with Crippen molar-refractivity contribution >= 4 is 11.8 Å². The van der Waals surface area contributed by atoms with E-state index in [0.717, 1.165) is 42.6 Å². The fourth-order valence-corrected chi connectivity index (χ4v) is 3.12. The van der Waals surface area contributed by atoms with Crippen molar-refractivity contribution in [2.24, 2.45) is 5.92 Å². The van der Waals surface area contributed by atoms with Gasteiger partial charge in [-0.1, -0.05) is 19.0 Å². The lowest BCUT2D eigenvalue weighted by Gasteiger charge is -2.25. The van der Waals surface area contributed by atoms with Gasteiger partial charge < -0.3 is 9.84 Å². The smallest absolute Gasteiger partial charge is 0.229 e. The molecule has 0 amide bonds. The highest BCUT2D eigenvalue weighted by Gasteiger charge is 2.24. The molecule has 1 saturated heterocycles. The predicted octanol–water partition coefficient (Wildman–Crippen LogP) is 2.81. The molecule has 1 aliphatic heterocycles. The van der Waals surface area contributed by atoms with Crippen LogP contribution < -0.4 is 5.32 Å². The first-order valence-corrected chi connectivity index (χ1v) is 7.94. The molecule has 1 fully saturated rings. The van der Waals surface area contributed by atoms with Crippen LogP contribution in [-0.4, -0.2) is 28.5 Å². The molecule has 2 unspecified atom stereocenters. The van der Waals surface area contributed by atoms with Crippen molar-refractivity contribution < 1.29 is 4.52 Å². The highest BCUT2D eigenvalue weighted by molar-refractivity contribution is 7.98. The van der Waals surface area contributed by atoms with E-state index >= 15 is 0 Å². The molecule has 0 saturated carbocycles. The van der Waals surface area contributed by atoms with Crippen molar-refractivity contribution in [3.8, 4) is 0 Å². The van der Waals surface area contributed by atoms with Gasteiger partial charge >= 0.3 is 0 Å². The van der Waals surface area contributed by atoms with Crippen molar-refractivity contribution in [2.45, 2.75) is 51.3 Å². The van der Waals surface area contributed by atoms with Gasteiger partial charge in [0.2, 0.25) is 5.89 Å². The number of nitrogens with zero attached hydrogens (tertiary/aromatic N) is 2. The van der Waals surface area contributed by atoms with Gasteiger partial charge in [0.25, 0.3) is 0 Å². The Morgan fingerprint density at radius 3 is 3.06 bits per heavy atom. The Labute approximate surface area is 113 Å². The fourth-order valence-electron chi connectivity index (χ4n) is 2.23. The average molecular weight is 269 g/mol. The molecule has 1 aromatic rings. The molecule has 0 radical (unpaired) electrons. The summed E-state index contributed by atoms with van der Waals surface area (Å²) in [6.45, 7) is 7.71. The quantitative estimate of drug-likeness (QED) is 0.890. The Morgan fingerprint density at radius 2 is 2.33 bits per heavy atom. The molecule has 18 heavy (non-hydrogen) atoms. The van der Waals surface area contributed by atoms with E-state index in [4.69, 9.17) is 4.52 Å². The Bertz CT molecular complexity index is 367. The van der Waals surface area contributed by atoms with Gasteiger partial charge in [-0.25, -0.2) is 0 Å². The van der Waals surface area contributed by atoms with E-state index in [1.165, 1.54) is 0 Å². The molecule has 4 nitrogen and oxygen atoms in total. The van der Waals surface area contributed by atoms with E-state index in [9.17, 15) is 0 Å². The summed E-state index contributed by atoms with van der Waals surface area (Å²) in [6, 6.07) is 0.550. The van der Waals surface area contributed by atoms with Crippen LogP contribution >= 0.6 is 11.8 Å². The third kappa shape index (κ3) is 3.99. The van der Waals surface area contributed by atoms with E-state index < -0.39 is 0 Å². The Kier molecular flexibility index (Phi) is 5.06. The predicted molar refractivity (Wildman–Crippen MR) is 74.7 cm³/mol. The van der Waals surface area contributed by atoms with Crippen LogP contribution in [0.4, 0.5) is 0 Å². The van der Waals surface area contributed by atoms with Crippen molar-refractivity contribution in [2.75, 3.05) is 12.3 Å². The van der Waals surface area contributed by atoms with Gasteiger partial charge in [0.15, 0.2) is 5.82 Å². The second-order valence-electron chi connectivity index (χ2n) is 5.53. The Balaban J connectivity index is 1.85. The van der Waals surface area contributed by atoms with E-state index in [0.29, 0.717) is 17.9 Å². The molecular weight excluding hydrogens is 246 g/mol. The second-order valence-corrected chi connectivity index (χ2v) is 6.56. The molecule has 0 bridgehead atoms. The molecule has 1 aromatic heterocycles. The highest BCUT2D eigenvalue weighted by atomic mass is 32.2. The zero-order chi connectivity index (χ0) is 13.0. The summed E-state index contributed by atoms with van der Waals surface area (Å²) in [5.41, 5.74) is 0. The molecule has 2 atom stereocenters. The zero-order valence-electron chi connectivity index (χ0n) is 11.5. The molecule has 1 aliphatic rings. The first kappa shape index (κ1) is 13.9. The fraction of sp³-hybridized carbons (Fsp3) is 0.846. The maximum absolute atomic E-state index is 5.41. The van der Waals surface area contributed by atoms with Crippen LogP contribution in [-0.2, 0) is 5.75 Å². The number of nitrogens with one attached hydrogen (secondary N) is 1. The summed E-state index contributed by atoms with van der Waals surface area (Å²) >= 11 is 1.88. The molecule has 2 heterocycles. The Hall–Kier alpha value is -0.550. The second kappa shape index (κ2) is 6.57. The normalized spacial score (nSPS) is 24.7. The van der Waals surface area contributed by atoms with Gasteiger partial charge in [0.1, 0.15) is 0 Å². The number of aromatic nitrogens is 2. The summed E-state index contributed by atoms with van der Waals surface area (Å²) < 4.78 is 5.41. The summed E-state index contributed by atoms with van der Waals surface area (Å²) in [5.74, 6) is 4.85.